The Bertz CT molecular complexity index is 425. The van der Waals surface area contributed by atoms with Crippen molar-refractivity contribution < 1.29 is 18.0 Å². The maximum Gasteiger partial charge on any atom is 0.416 e. The lowest BCUT2D eigenvalue weighted by molar-refractivity contribution is -0.137. The normalized spacial score (nSPS) is 13.2. The Hall–Kier alpha value is -1.56. The van der Waals surface area contributed by atoms with E-state index < -0.39 is 17.8 Å². The van der Waals surface area contributed by atoms with Gasteiger partial charge in [-0.05, 0) is 31.5 Å². The van der Waals surface area contributed by atoms with E-state index >= 15 is 0 Å². The quantitative estimate of drug-likeness (QED) is 0.917. The maximum atomic E-state index is 12.4. The molecule has 1 aromatic rings. The van der Waals surface area contributed by atoms with E-state index in [9.17, 15) is 18.0 Å². The van der Waals surface area contributed by atoms with Crippen molar-refractivity contribution in [2.24, 2.45) is 5.73 Å². The molecule has 1 amide bonds. The number of hydrogen-bond donors (Lipinski definition) is 1. The van der Waals surface area contributed by atoms with Crippen LogP contribution in [0.25, 0.3) is 0 Å². The van der Waals surface area contributed by atoms with Gasteiger partial charge in [0.25, 0.3) is 0 Å². The van der Waals surface area contributed by atoms with Crippen molar-refractivity contribution in [1.82, 2.24) is 4.90 Å². The third-order valence-corrected chi connectivity index (χ3v) is 2.94. The van der Waals surface area contributed by atoms with Crippen LogP contribution in [0.3, 0.4) is 0 Å². The summed E-state index contributed by atoms with van der Waals surface area (Å²) in [7, 11) is 0. The van der Waals surface area contributed by atoms with Crippen LogP contribution in [0, 0.1) is 0 Å². The highest BCUT2D eigenvalue weighted by Crippen LogP contribution is 2.29. The van der Waals surface area contributed by atoms with Gasteiger partial charge < -0.3 is 10.6 Å². The van der Waals surface area contributed by atoms with Crippen molar-refractivity contribution in [3.8, 4) is 0 Å². The van der Waals surface area contributed by atoms with Gasteiger partial charge in [0.2, 0.25) is 5.91 Å². The minimum Gasteiger partial charge on any atom is -0.342 e. The molecule has 0 aromatic heterocycles. The molecule has 0 spiro atoms. The van der Waals surface area contributed by atoms with E-state index in [4.69, 9.17) is 5.73 Å². The van der Waals surface area contributed by atoms with E-state index in [2.05, 4.69) is 0 Å². The molecule has 1 unspecified atom stereocenters. The summed E-state index contributed by atoms with van der Waals surface area (Å²) in [5.41, 5.74) is 5.41. The molecule has 0 aliphatic rings. The Morgan fingerprint density at radius 3 is 2.05 bits per heavy atom. The summed E-state index contributed by atoms with van der Waals surface area (Å²) in [6, 6.07) is 3.43. The topological polar surface area (TPSA) is 46.3 Å². The average Bonchev–Trinajstić information content (AvgIpc) is 2.38. The zero-order valence-electron chi connectivity index (χ0n) is 10.9. The lowest BCUT2D eigenvalue weighted by Gasteiger charge is -2.23. The summed E-state index contributed by atoms with van der Waals surface area (Å²) in [5.74, 6) is -0.287. The molecule has 0 saturated carbocycles. The van der Waals surface area contributed by atoms with E-state index in [-0.39, 0.29) is 5.91 Å². The van der Waals surface area contributed by atoms with Crippen molar-refractivity contribution in [3.63, 3.8) is 0 Å². The monoisotopic (exact) mass is 274 g/mol. The molecule has 0 aliphatic carbocycles. The van der Waals surface area contributed by atoms with Crippen LogP contribution in [0.4, 0.5) is 13.2 Å². The number of carbonyl (C=O) groups is 1. The van der Waals surface area contributed by atoms with Gasteiger partial charge in [0.05, 0.1) is 5.56 Å². The van der Waals surface area contributed by atoms with Crippen molar-refractivity contribution in [2.75, 3.05) is 13.1 Å². The fourth-order valence-corrected chi connectivity index (χ4v) is 1.75. The minimum absolute atomic E-state index is 0.287. The number of alkyl halides is 3. The van der Waals surface area contributed by atoms with E-state index in [1.807, 2.05) is 13.8 Å². The van der Waals surface area contributed by atoms with E-state index in [1.165, 1.54) is 12.1 Å². The van der Waals surface area contributed by atoms with E-state index in [0.717, 1.165) is 12.1 Å². The highest BCUT2D eigenvalue weighted by molar-refractivity contribution is 5.83. The average molecular weight is 274 g/mol. The van der Waals surface area contributed by atoms with Crippen LogP contribution in [-0.4, -0.2) is 23.9 Å². The Balaban J connectivity index is 2.89. The Labute approximate surface area is 110 Å². The summed E-state index contributed by atoms with van der Waals surface area (Å²) in [4.78, 5) is 13.5. The summed E-state index contributed by atoms with van der Waals surface area (Å²) in [6.07, 6.45) is -4.38. The molecule has 19 heavy (non-hydrogen) atoms. The number of rotatable bonds is 4. The van der Waals surface area contributed by atoms with Crippen LogP contribution in [0.5, 0.6) is 0 Å². The summed E-state index contributed by atoms with van der Waals surface area (Å²) < 4.78 is 37.2. The first-order valence-corrected chi connectivity index (χ1v) is 6.02. The van der Waals surface area contributed by atoms with Crippen LogP contribution in [0.2, 0.25) is 0 Å². The highest BCUT2D eigenvalue weighted by Gasteiger charge is 2.30. The van der Waals surface area contributed by atoms with Gasteiger partial charge in [0.1, 0.15) is 6.04 Å². The first kappa shape index (κ1) is 15.5. The molecule has 0 bridgehead atoms. The molecular formula is C13H17F3N2O. The van der Waals surface area contributed by atoms with Gasteiger partial charge >= 0.3 is 6.18 Å². The lowest BCUT2D eigenvalue weighted by atomic mass is 10.0. The molecule has 3 nitrogen and oxygen atoms in total. The second-order valence-corrected chi connectivity index (χ2v) is 4.11. The smallest absolute Gasteiger partial charge is 0.342 e. The van der Waals surface area contributed by atoms with Crippen molar-refractivity contribution in [3.05, 3.63) is 35.4 Å². The second kappa shape index (κ2) is 6.06. The van der Waals surface area contributed by atoms with Gasteiger partial charge in [-0.3, -0.25) is 4.79 Å². The Kier molecular flexibility index (Phi) is 4.94. The summed E-state index contributed by atoms with van der Waals surface area (Å²) in [5, 5.41) is 0. The first-order valence-electron chi connectivity index (χ1n) is 6.02. The molecule has 1 aromatic carbocycles. The SMILES string of the molecule is CCN(CC)C(=O)C(N)c1ccc(C(F)(F)F)cc1. The highest BCUT2D eigenvalue weighted by atomic mass is 19.4. The fraction of sp³-hybridized carbons (Fsp3) is 0.462. The third-order valence-electron chi connectivity index (χ3n) is 2.94. The summed E-state index contributed by atoms with van der Waals surface area (Å²) >= 11 is 0. The third kappa shape index (κ3) is 3.70. The maximum absolute atomic E-state index is 12.4. The molecule has 0 saturated heterocycles. The molecule has 0 radical (unpaired) electrons. The van der Waals surface area contributed by atoms with Gasteiger partial charge in [0, 0.05) is 13.1 Å². The predicted octanol–water partition coefficient (Wildman–Crippen LogP) is 2.57. The molecule has 0 heterocycles. The lowest BCUT2D eigenvalue weighted by Crippen LogP contribution is -2.38. The van der Waals surface area contributed by atoms with Gasteiger partial charge in [-0.25, -0.2) is 0 Å². The number of amides is 1. The van der Waals surface area contributed by atoms with Gasteiger partial charge in [-0.1, -0.05) is 12.1 Å². The number of benzene rings is 1. The number of nitrogens with two attached hydrogens (primary N) is 1. The minimum atomic E-state index is -4.38. The molecule has 0 aliphatic heterocycles. The van der Waals surface area contributed by atoms with Crippen LogP contribution >= 0.6 is 0 Å². The van der Waals surface area contributed by atoms with Crippen molar-refractivity contribution in [2.45, 2.75) is 26.1 Å². The zero-order valence-corrected chi connectivity index (χ0v) is 10.9. The molecule has 1 rings (SSSR count). The summed E-state index contributed by atoms with van der Waals surface area (Å²) in [6.45, 7) is 4.68. The van der Waals surface area contributed by atoms with Crippen LogP contribution in [-0.2, 0) is 11.0 Å². The Morgan fingerprint density at radius 1 is 1.21 bits per heavy atom. The molecule has 1 atom stereocenters. The fourth-order valence-electron chi connectivity index (χ4n) is 1.75. The van der Waals surface area contributed by atoms with Crippen LogP contribution in [0.1, 0.15) is 31.0 Å². The van der Waals surface area contributed by atoms with Gasteiger partial charge in [-0.2, -0.15) is 13.2 Å². The second-order valence-electron chi connectivity index (χ2n) is 4.11. The number of nitrogens with zero attached hydrogens (tertiary/aromatic N) is 1. The zero-order chi connectivity index (χ0) is 14.6. The molecule has 106 valence electrons. The number of halogens is 3. The standard InChI is InChI=1S/C13H17F3N2O/c1-3-18(4-2)12(19)11(17)9-5-7-10(8-6-9)13(14,15)16/h5-8,11H,3-4,17H2,1-2H3. The molecule has 2 N–H and O–H groups in total. The van der Waals surface area contributed by atoms with E-state index in [1.54, 1.807) is 4.90 Å². The molecule has 6 heteroatoms. The predicted molar refractivity (Wildman–Crippen MR) is 66.3 cm³/mol. The van der Waals surface area contributed by atoms with Gasteiger partial charge in [-0.15, -0.1) is 0 Å². The van der Waals surface area contributed by atoms with Crippen molar-refractivity contribution in [1.29, 1.82) is 0 Å². The van der Waals surface area contributed by atoms with Crippen LogP contribution < -0.4 is 5.73 Å². The van der Waals surface area contributed by atoms with Gasteiger partial charge in [0.15, 0.2) is 0 Å². The molecule has 0 fully saturated rings. The number of carbonyl (C=O) groups excluding carboxylic acids is 1. The van der Waals surface area contributed by atoms with Crippen LogP contribution in [0.15, 0.2) is 24.3 Å². The van der Waals surface area contributed by atoms with Crippen molar-refractivity contribution >= 4 is 5.91 Å². The van der Waals surface area contributed by atoms with E-state index in [0.29, 0.717) is 18.7 Å². The number of hydrogen-bond acceptors (Lipinski definition) is 2. The molecular weight excluding hydrogens is 257 g/mol. The Morgan fingerprint density at radius 2 is 1.68 bits per heavy atom. The first-order chi connectivity index (χ1) is 8.81. The number of likely N-dealkylation sites (N-methyl/N-ethyl adjacent to an activating group) is 1. The largest absolute Gasteiger partial charge is 0.416 e.